The summed E-state index contributed by atoms with van der Waals surface area (Å²) in [6.45, 7) is 14.4. The van der Waals surface area contributed by atoms with Crippen molar-refractivity contribution in [2.45, 2.75) is 86.1 Å². The Morgan fingerprint density at radius 2 is 1.78 bits per heavy atom. The zero-order valence-electron chi connectivity index (χ0n) is 26.9. The second-order valence-electron chi connectivity index (χ2n) is 12.3. The Bertz CT molecular complexity index is 1200. The molecule has 1 N–H and O–H groups in total. The third-order valence-electron chi connectivity index (χ3n) is 9.35. The summed E-state index contributed by atoms with van der Waals surface area (Å²) < 4.78 is 4.92. The number of amides is 3. The molecule has 6 atom stereocenters. The van der Waals surface area contributed by atoms with Crippen molar-refractivity contribution in [2.75, 3.05) is 44.3 Å². The highest BCUT2D eigenvalue weighted by Gasteiger charge is 2.76. The van der Waals surface area contributed by atoms with E-state index in [0.717, 1.165) is 56.4 Å². The quantitative estimate of drug-likeness (QED) is 0.111. The van der Waals surface area contributed by atoms with Crippen molar-refractivity contribution in [1.82, 2.24) is 9.80 Å². The maximum Gasteiger partial charge on any atom is 0.247 e. The topological polar surface area (TPSA) is 90.4 Å². The van der Waals surface area contributed by atoms with Gasteiger partial charge in [-0.05, 0) is 56.9 Å². The van der Waals surface area contributed by atoms with E-state index >= 15 is 0 Å². The standard InChI is InChI=1S/C35H50BrN3O5S/c1-5-9-12-21-37(19-6-2)34(43)31-35-24-27(36)30(45-35)28(29(35)33(42)39(31)22-13-10-11-14-23-40)32(41)38(20-7-3)25-15-17-26(18-16-25)44-8-4/h6-7,15-18,27-31,40H,2-3,5,8-14,19-24H2,1,4H3/t27?,28-,29-,30-,31?,35?/m0/s1. The molecule has 2 bridgehead atoms. The number of fused-ring (bicyclic) bond motifs is 1. The maximum absolute atomic E-state index is 14.6. The van der Waals surface area contributed by atoms with Crippen molar-refractivity contribution in [3.8, 4) is 5.75 Å². The Labute approximate surface area is 281 Å². The van der Waals surface area contributed by atoms with Gasteiger partial charge in [-0.2, -0.15) is 0 Å². The van der Waals surface area contributed by atoms with Gasteiger partial charge in [0.15, 0.2) is 0 Å². The van der Waals surface area contributed by atoms with Crippen molar-refractivity contribution in [3.05, 3.63) is 49.6 Å². The molecule has 3 aliphatic heterocycles. The molecule has 45 heavy (non-hydrogen) atoms. The van der Waals surface area contributed by atoms with Crippen LogP contribution in [0.1, 0.15) is 65.2 Å². The van der Waals surface area contributed by atoms with Gasteiger partial charge < -0.3 is 24.5 Å². The number of nitrogens with zero attached hydrogens (tertiary/aromatic N) is 3. The summed E-state index contributed by atoms with van der Waals surface area (Å²) in [7, 11) is 0. The molecule has 3 amide bonds. The van der Waals surface area contributed by atoms with Gasteiger partial charge in [0.25, 0.3) is 0 Å². The van der Waals surface area contributed by atoms with Gasteiger partial charge in [-0.25, -0.2) is 0 Å². The smallest absolute Gasteiger partial charge is 0.247 e. The van der Waals surface area contributed by atoms with Crippen LogP contribution in [0.3, 0.4) is 0 Å². The fourth-order valence-corrected chi connectivity index (χ4v) is 11.0. The van der Waals surface area contributed by atoms with Gasteiger partial charge >= 0.3 is 0 Å². The number of alkyl halides is 1. The van der Waals surface area contributed by atoms with Crippen molar-refractivity contribution in [2.24, 2.45) is 11.8 Å². The summed E-state index contributed by atoms with van der Waals surface area (Å²) in [6, 6.07) is 6.82. The highest BCUT2D eigenvalue weighted by Crippen LogP contribution is 2.68. The number of likely N-dealkylation sites (tertiary alicyclic amines) is 1. The van der Waals surface area contributed by atoms with Crippen LogP contribution < -0.4 is 9.64 Å². The molecule has 0 aliphatic carbocycles. The average Bonchev–Trinajstić information content (AvgIpc) is 3.62. The molecule has 8 nitrogen and oxygen atoms in total. The number of thioether (sulfide) groups is 1. The molecule has 3 fully saturated rings. The van der Waals surface area contributed by atoms with Crippen LogP contribution in [0, 0.1) is 11.8 Å². The second kappa shape index (κ2) is 16.5. The monoisotopic (exact) mass is 703 g/mol. The van der Waals surface area contributed by atoms with E-state index in [9.17, 15) is 19.5 Å². The normalized spacial score (nSPS) is 26.5. The Morgan fingerprint density at radius 1 is 1.07 bits per heavy atom. The highest BCUT2D eigenvalue weighted by molar-refractivity contribution is 9.09. The van der Waals surface area contributed by atoms with Gasteiger partial charge in [0.1, 0.15) is 11.8 Å². The van der Waals surface area contributed by atoms with Crippen LogP contribution in [0.15, 0.2) is 49.6 Å². The molecule has 0 saturated carbocycles. The van der Waals surface area contributed by atoms with Gasteiger partial charge in [0.2, 0.25) is 17.7 Å². The van der Waals surface area contributed by atoms with Crippen LogP contribution >= 0.6 is 27.7 Å². The number of carbonyl (C=O) groups is 3. The number of aliphatic hydroxyl groups is 1. The Morgan fingerprint density at radius 3 is 2.42 bits per heavy atom. The fourth-order valence-electron chi connectivity index (χ4n) is 7.37. The third-order valence-corrected chi connectivity index (χ3v) is 12.6. The molecule has 0 radical (unpaired) electrons. The average molecular weight is 705 g/mol. The summed E-state index contributed by atoms with van der Waals surface area (Å²) in [5.41, 5.74) is 0.725. The molecule has 248 valence electrons. The molecule has 3 unspecified atom stereocenters. The largest absolute Gasteiger partial charge is 0.494 e. The van der Waals surface area contributed by atoms with E-state index in [2.05, 4.69) is 36.0 Å². The van der Waals surface area contributed by atoms with Gasteiger partial charge in [-0.15, -0.1) is 24.9 Å². The van der Waals surface area contributed by atoms with E-state index in [1.165, 1.54) is 0 Å². The molecule has 0 aromatic heterocycles. The van der Waals surface area contributed by atoms with Crippen molar-refractivity contribution in [1.29, 1.82) is 0 Å². The summed E-state index contributed by atoms with van der Waals surface area (Å²) >= 11 is 5.58. The van der Waals surface area contributed by atoms with Crippen LogP contribution in [0.5, 0.6) is 5.75 Å². The SMILES string of the molecule is C=CCN(CCCCC)C(=O)C1N(CCCCCCO)C(=O)[C@@H]2[C@H](C(=O)N(CC=C)c3ccc(OCC)cc3)[C@H]3SC12CC3Br. The first kappa shape index (κ1) is 35.6. The van der Waals surface area contributed by atoms with Crippen LogP contribution in [-0.4, -0.2) is 92.9 Å². The van der Waals surface area contributed by atoms with Gasteiger partial charge in [-0.1, -0.05) is 60.7 Å². The van der Waals surface area contributed by atoms with E-state index in [1.54, 1.807) is 28.8 Å². The lowest BCUT2D eigenvalue weighted by Crippen LogP contribution is -2.56. The molecule has 4 rings (SSSR count). The molecule has 3 saturated heterocycles. The molecule has 3 heterocycles. The van der Waals surface area contributed by atoms with Crippen molar-refractivity contribution >= 4 is 51.1 Å². The Kier molecular flexibility index (Phi) is 13.0. The van der Waals surface area contributed by atoms with E-state index in [-0.39, 0.29) is 34.4 Å². The van der Waals surface area contributed by atoms with Crippen LogP contribution in [0.4, 0.5) is 5.69 Å². The number of anilines is 1. The number of hydrogen-bond donors (Lipinski definition) is 1. The number of aliphatic hydroxyl groups excluding tert-OH is 1. The number of hydrogen-bond acceptors (Lipinski definition) is 6. The summed E-state index contributed by atoms with van der Waals surface area (Å²) in [4.78, 5) is 49.1. The van der Waals surface area contributed by atoms with Gasteiger partial charge in [0.05, 0.1) is 23.2 Å². The molecule has 1 aromatic carbocycles. The Hall–Kier alpha value is -2.30. The maximum atomic E-state index is 14.6. The van der Waals surface area contributed by atoms with Crippen LogP contribution in [0.2, 0.25) is 0 Å². The summed E-state index contributed by atoms with van der Waals surface area (Å²) in [6.07, 6.45) is 10.3. The zero-order chi connectivity index (χ0) is 32.6. The first-order valence-electron chi connectivity index (χ1n) is 16.6. The summed E-state index contributed by atoms with van der Waals surface area (Å²) in [5, 5.41) is 9.12. The predicted molar refractivity (Wildman–Crippen MR) is 186 cm³/mol. The fraction of sp³-hybridized carbons (Fsp3) is 0.629. The van der Waals surface area contributed by atoms with Crippen LogP contribution in [-0.2, 0) is 14.4 Å². The number of halogens is 1. The lowest BCUT2D eigenvalue weighted by atomic mass is 9.70. The van der Waals surface area contributed by atoms with E-state index in [4.69, 9.17) is 4.74 Å². The second-order valence-corrected chi connectivity index (χ2v) is 15.0. The summed E-state index contributed by atoms with van der Waals surface area (Å²) in [5.74, 6) is -0.658. The lowest BCUT2D eigenvalue weighted by Gasteiger charge is -2.38. The minimum Gasteiger partial charge on any atom is -0.494 e. The molecule has 10 heteroatoms. The first-order chi connectivity index (χ1) is 21.8. The zero-order valence-corrected chi connectivity index (χ0v) is 29.3. The van der Waals surface area contributed by atoms with E-state index in [1.807, 2.05) is 41.0 Å². The predicted octanol–water partition coefficient (Wildman–Crippen LogP) is 5.83. The molecule has 1 spiro atoms. The third kappa shape index (κ3) is 7.33. The van der Waals surface area contributed by atoms with Crippen molar-refractivity contribution < 1.29 is 24.2 Å². The molecule has 1 aromatic rings. The number of ether oxygens (including phenoxy) is 1. The number of benzene rings is 1. The van der Waals surface area contributed by atoms with Gasteiger partial charge in [-0.3, -0.25) is 14.4 Å². The van der Waals surface area contributed by atoms with E-state index < -0.39 is 22.6 Å². The first-order valence-corrected chi connectivity index (χ1v) is 18.4. The molecular weight excluding hydrogens is 654 g/mol. The van der Waals surface area contributed by atoms with Crippen LogP contribution in [0.25, 0.3) is 0 Å². The number of carbonyl (C=O) groups excluding carboxylic acids is 3. The van der Waals surface area contributed by atoms with Gasteiger partial charge in [0, 0.05) is 48.6 Å². The number of unbranched alkanes of at least 4 members (excludes halogenated alkanes) is 5. The minimum atomic E-state index is -0.693. The molecular formula is C35H50BrN3O5S. The van der Waals surface area contributed by atoms with Crippen molar-refractivity contribution in [3.63, 3.8) is 0 Å². The number of rotatable bonds is 19. The minimum absolute atomic E-state index is 0.000777. The highest BCUT2D eigenvalue weighted by atomic mass is 79.9. The molecule has 3 aliphatic rings. The lowest BCUT2D eigenvalue weighted by molar-refractivity contribution is -0.142. The van der Waals surface area contributed by atoms with E-state index in [0.29, 0.717) is 39.2 Å². The Balaban J connectivity index is 1.70.